The van der Waals surface area contributed by atoms with Gasteiger partial charge < -0.3 is 4.74 Å². The van der Waals surface area contributed by atoms with E-state index in [0.717, 1.165) is 28.3 Å². The van der Waals surface area contributed by atoms with Gasteiger partial charge in [-0.25, -0.2) is 4.98 Å². The van der Waals surface area contributed by atoms with Crippen molar-refractivity contribution in [2.45, 2.75) is 20.5 Å². The van der Waals surface area contributed by atoms with E-state index in [9.17, 15) is 4.79 Å². The highest BCUT2D eigenvalue weighted by atomic mass is 32.2. The van der Waals surface area contributed by atoms with Gasteiger partial charge in [-0.3, -0.25) is 9.69 Å². The number of hydrogen-bond donors (Lipinski definition) is 0. The van der Waals surface area contributed by atoms with Crippen LogP contribution >= 0.6 is 23.1 Å². The first-order valence-electron chi connectivity index (χ1n) is 11.1. The third kappa shape index (κ3) is 5.37. The lowest BCUT2D eigenvalue weighted by Crippen LogP contribution is -2.28. The van der Waals surface area contributed by atoms with E-state index in [4.69, 9.17) is 9.73 Å². The van der Waals surface area contributed by atoms with Crippen molar-refractivity contribution in [1.29, 1.82) is 0 Å². The summed E-state index contributed by atoms with van der Waals surface area (Å²) in [6.45, 7) is 4.45. The number of para-hydroxylation sites is 2. The molecule has 35 heavy (non-hydrogen) atoms. The minimum absolute atomic E-state index is 0.124. The number of amides is 1. The maximum absolute atomic E-state index is 13.5. The van der Waals surface area contributed by atoms with Crippen molar-refractivity contribution >= 4 is 51.1 Å². The SMILES string of the molecule is Cc1ccc(COc2ccccc2/C=C2\S/C(=N/c3nc(C)cs3)N(c3ccccc3)C2=O)cc1. The van der Waals surface area contributed by atoms with Crippen LogP contribution in [0.25, 0.3) is 6.08 Å². The molecule has 1 aromatic heterocycles. The van der Waals surface area contributed by atoms with Crippen LogP contribution in [0.1, 0.15) is 22.4 Å². The molecule has 4 aromatic rings. The van der Waals surface area contributed by atoms with E-state index in [2.05, 4.69) is 36.2 Å². The van der Waals surface area contributed by atoms with Gasteiger partial charge >= 0.3 is 0 Å². The highest BCUT2D eigenvalue weighted by Crippen LogP contribution is 2.38. The Morgan fingerprint density at radius 1 is 0.971 bits per heavy atom. The van der Waals surface area contributed by atoms with Crippen LogP contribution in [0.4, 0.5) is 10.8 Å². The molecular formula is C28H23N3O2S2. The Labute approximate surface area is 212 Å². The van der Waals surface area contributed by atoms with Crippen molar-refractivity contribution in [1.82, 2.24) is 4.98 Å². The molecule has 0 radical (unpaired) electrons. The van der Waals surface area contributed by atoms with E-state index in [0.29, 0.717) is 21.8 Å². The van der Waals surface area contributed by atoms with Gasteiger partial charge in [-0.15, -0.1) is 11.3 Å². The first-order chi connectivity index (χ1) is 17.1. The maximum atomic E-state index is 13.5. The quantitative estimate of drug-likeness (QED) is 0.266. The minimum Gasteiger partial charge on any atom is -0.488 e. The second kappa shape index (κ2) is 10.3. The molecule has 1 saturated heterocycles. The zero-order chi connectivity index (χ0) is 24.2. The Bertz CT molecular complexity index is 1410. The number of carbonyl (C=O) groups excluding carboxylic acids is 1. The third-order valence-electron chi connectivity index (χ3n) is 5.34. The average Bonchev–Trinajstić information content (AvgIpc) is 3.42. The topological polar surface area (TPSA) is 54.8 Å². The zero-order valence-corrected chi connectivity index (χ0v) is 21.0. The molecule has 5 nitrogen and oxygen atoms in total. The summed E-state index contributed by atoms with van der Waals surface area (Å²) in [4.78, 5) is 24.9. The van der Waals surface area contributed by atoms with Crippen LogP contribution in [0.3, 0.4) is 0 Å². The van der Waals surface area contributed by atoms with Crippen LogP contribution in [0.15, 0.2) is 94.1 Å². The number of anilines is 1. The lowest BCUT2D eigenvalue weighted by molar-refractivity contribution is -0.113. The van der Waals surface area contributed by atoms with E-state index < -0.39 is 0 Å². The zero-order valence-electron chi connectivity index (χ0n) is 19.3. The lowest BCUT2D eigenvalue weighted by Gasteiger charge is -2.15. The van der Waals surface area contributed by atoms with Gasteiger partial charge in [0.1, 0.15) is 12.4 Å². The molecule has 5 rings (SSSR count). The Morgan fingerprint density at radius 3 is 2.46 bits per heavy atom. The molecule has 3 aromatic carbocycles. The summed E-state index contributed by atoms with van der Waals surface area (Å²) in [6.07, 6.45) is 1.88. The van der Waals surface area contributed by atoms with Gasteiger partial charge in [0.15, 0.2) is 5.17 Å². The molecular weight excluding hydrogens is 474 g/mol. The van der Waals surface area contributed by atoms with Gasteiger partial charge in [-0.2, -0.15) is 4.99 Å². The fourth-order valence-corrected chi connectivity index (χ4v) is 5.24. The van der Waals surface area contributed by atoms with E-state index in [1.54, 1.807) is 4.90 Å². The molecule has 1 aliphatic heterocycles. The molecule has 7 heteroatoms. The van der Waals surface area contributed by atoms with E-state index >= 15 is 0 Å². The fourth-order valence-electron chi connectivity index (χ4n) is 3.55. The number of hydrogen-bond acceptors (Lipinski definition) is 6. The monoisotopic (exact) mass is 497 g/mol. The summed E-state index contributed by atoms with van der Waals surface area (Å²) in [5, 5.41) is 3.16. The number of thiazole rings is 1. The molecule has 0 atom stereocenters. The Balaban J connectivity index is 1.46. The summed E-state index contributed by atoms with van der Waals surface area (Å²) in [5.41, 5.74) is 4.82. The molecule has 1 fully saturated rings. The molecule has 2 heterocycles. The van der Waals surface area contributed by atoms with Crippen molar-refractivity contribution < 1.29 is 9.53 Å². The molecule has 1 aliphatic rings. The average molecular weight is 498 g/mol. The molecule has 0 unspecified atom stereocenters. The van der Waals surface area contributed by atoms with Crippen LogP contribution < -0.4 is 9.64 Å². The number of aliphatic imine (C=N–C) groups is 1. The number of rotatable bonds is 6. The summed E-state index contributed by atoms with van der Waals surface area (Å²) in [6, 6.07) is 25.6. The number of aromatic nitrogens is 1. The van der Waals surface area contributed by atoms with Gasteiger partial charge in [-0.05, 0) is 55.4 Å². The van der Waals surface area contributed by atoms with Crippen LogP contribution in [-0.2, 0) is 11.4 Å². The summed E-state index contributed by atoms with van der Waals surface area (Å²) in [5.74, 6) is 0.600. The van der Waals surface area contributed by atoms with Gasteiger partial charge in [0.25, 0.3) is 5.91 Å². The van der Waals surface area contributed by atoms with Crippen molar-refractivity contribution in [3.8, 4) is 5.75 Å². The predicted molar refractivity (Wildman–Crippen MR) is 145 cm³/mol. The number of thioether (sulfide) groups is 1. The molecule has 0 aliphatic carbocycles. The second-order valence-electron chi connectivity index (χ2n) is 8.06. The van der Waals surface area contributed by atoms with Crippen LogP contribution in [0.5, 0.6) is 5.75 Å². The summed E-state index contributed by atoms with van der Waals surface area (Å²) < 4.78 is 6.13. The highest BCUT2D eigenvalue weighted by molar-refractivity contribution is 8.19. The third-order valence-corrected chi connectivity index (χ3v) is 7.16. The standard InChI is InChI=1S/C28H23N3O2S2/c1-19-12-14-21(15-13-19)17-33-24-11-7-6-8-22(24)16-25-26(32)31(23-9-4-3-5-10-23)28(35-25)30-27-29-20(2)18-34-27/h3-16,18H,17H2,1-2H3/b25-16-,30-28+. The smallest absolute Gasteiger partial charge is 0.271 e. The molecule has 174 valence electrons. The first-order valence-corrected chi connectivity index (χ1v) is 12.8. The molecule has 0 N–H and O–H groups in total. The number of carbonyl (C=O) groups is 1. The fraction of sp³-hybridized carbons (Fsp3) is 0.107. The second-order valence-corrected chi connectivity index (χ2v) is 9.91. The van der Waals surface area contributed by atoms with E-state index in [1.165, 1.54) is 28.7 Å². The van der Waals surface area contributed by atoms with E-state index in [-0.39, 0.29) is 5.91 Å². The molecule has 0 saturated carbocycles. The minimum atomic E-state index is -0.124. The number of nitrogens with zero attached hydrogens (tertiary/aromatic N) is 3. The number of aryl methyl sites for hydroxylation is 2. The number of benzene rings is 3. The number of amidine groups is 1. The van der Waals surface area contributed by atoms with Crippen molar-refractivity contribution in [3.63, 3.8) is 0 Å². The largest absolute Gasteiger partial charge is 0.488 e. The van der Waals surface area contributed by atoms with Crippen molar-refractivity contribution in [3.05, 3.63) is 112 Å². The number of ether oxygens (including phenoxy) is 1. The van der Waals surface area contributed by atoms with Gasteiger partial charge in [-0.1, -0.05) is 66.2 Å². The molecule has 0 spiro atoms. The maximum Gasteiger partial charge on any atom is 0.271 e. The van der Waals surface area contributed by atoms with Crippen LogP contribution in [0, 0.1) is 13.8 Å². The van der Waals surface area contributed by atoms with E-state index in [1.807, 2.05) is 73.0 Å². The van der Waals surface area contributed by atoms with Crippen molar-refractivity contribution in [2.24, 2.45) is 4.99 Å². The normalized spacial score (nSPS) is 15.8. The molecule has 1 amide bonds. The highest BCUT2D eigenvalue weighted by Gasteiger charge is 2.35. The predicted octanol–water partition coefficient (Wildman–Crippen LogP) is 7.15. The molecule has 0 bridgehead atoms. The van der Waals surface area contributed by atoms with Gasteiger partial charge in [0.05, 0.1) is 16.3 Å². The first kappa shape index (κ1) is 23.1. The Morgan fingerprint density at radius 2 is 1.71 bits per heavy atom. The Kier molecular flexibility index (Phi) is 6.79. The van der Waals surface area contributed by atoms with Crippen molar-refractivity contribution in [2.75, 3.05) is 4.90 Å². The van der Waals surface area contributed by atoms with Gasteiger partial charge in [0, 0.05) is 10.9 Å². The van der Waals surface area contributed by atoms with Crippen LogP contribution in [0.2, 0.25) is 0 Å². The lowest BCUT2D eigenvalue weighted by atomic mass is 10.1. The summed E-state index contributed by atoms with van der Waals surface area (Å²) in [7, 11) is 0. The Hall–Kier alpha value is -3.68. The van der Waals surface area contributed by atoms with Gasteiger partial charge in [0.2, 0.25) is 5.13 Å². The summed E-state index contributed by atoms with van der Waals surface area (Å²) >= 11 is 2.80. The van der Waals surface area contributed by atoms with Crippen LogP contribution in [-0.4, -0.2) is 16.1 Å².